The summed E-state index contributed by atoms with van der Waals surface area (Å²) in [6, 6.07) is 2.71. The predicted octanol–water partition coefficient (Wildman–Crippen LogP) is 2.73. The summed E-state index contributed by atoms with van der Waals surface area (Å²) in [5.41, 5.74) is 1.21. The van der Waals surface area contributed by atoms with Gasteiger partial charge in [0.2, 0.25) is 5.91 Å². The Morgan fingerprint density at radius 3 is 3.00 bits per heavy atom. The molecule has 0 fully saturated rings. The van der Waals surface area contributed by atoms with E-state index >= 15 is 0 Å². The van der Waals surface area contributed by atoms with Gasteiger partial charge in [0.1, 0.15) is 5.82 Å². The molecule has 0 aliphatic carbocycles. The minimum absolute atomic E-state index is 0.0352. The highest BCUT2D eigenvalue weighted by Gasteiger charge is 2.19. The molecule has 1 aromatic rings. The lowest BCUT2D eigenvalue weighted by Crippen LogP contribution is -2.18. The maximum atomic E-state index is 13.1. The highest BCUT2D eigenvalue weighted by molar-refractivity contribution is 9.10. The fourth-order valence-electron chi connectivity index (χ4n) is 1.60. The highest BCUT2D eigenvalue weighted by atomic mass is 79.9. The summed E-state index contributed by atoms with van der Waals surface area (Å²) in [7, 11) is 0. The molecule has 0 radical (unpaired) electrons. The van der Waals surface area contributed by atoms with Crippen LogP contribution in [0, 0.1) is 5.82 Å². The van der Waals surface area contributed by atoms with Crippen molar-refractivity contribution in [1.82, 2.24) is 0 Å². The van der Waals surface area contributed by atoms with Crippen molar-refractivity contribution >= 4 is 33.2 Å². The Bertz CT molecular complexity index is 422. The van der Waals surface area contributed by atoms with E-state index < -0.39 is 0 Å². The van der Waals surface area contributed by atoms with Crippen LogP contribution < -0.4 is 10.6 Å². The molecule has 1 aromatic carbocycles. The number of nitrogens with one attached hydrogen (secondary N) is 2. The molecule has 80 valence electrons. The quantitative estimate of drug-likeness (QED) is 0.763. The van der Waals surface area contributed by atoms with Gasteiger partial charge in [-0.15, -0.1) is 0 Å². The van der Waals surface area contributed by atoms with Crippen LogP contribution >= 0.6 is 15.9 Å². The number of hydrogen-bond donors (Lipinski definition) is 2. The van der Waals surface area contributed by atoms with Crippen molar-refractivity contribution in [2.45, 2.75) is 19.4 Å². The maximum Gasteiger partial charge on any atom is 0.226 e. The standard InChI is InChI=1S/C10H10BrFN2O/c1-5-2-9(15)14-8-4-6(12)3-7(11)10(8)13-5/h3-5,13H,2H2,1H3,(H,14,15). The van der Waals surface area contributed by atoms with Gasteiger partial charge in [-0.2, -0.15) is 0 Å². The van der Waals surface area contributed by atoms with Crippen LogP contribution in [0.25, 0.3) is 0 Å². The molecule has 3 nitrogen and oxygen atoms in total. The van der Waals surface area contributed by atoms with Gasteiger partial charge < -0.3 is 10.6 Å². The van der Waals surface area contributed by atoms with Crippen molar-refractivity contribution in [3.05, 3.63) is 22.4 Å². The first kappa shape index (κ1) is 10.4. The zero-order valence-electron chi connectivity index (χ0n) is 8.10. The summed E-state index contributed by atoms with van der Waals surface area (Å²) in [6.45, 7) is 1.91. The molecule has 1 atom stereocenters. The van der Waals surface area contributed by atoms with Gasteiger partial charge in [0, 0.05) is 16.9 Å². The first-order valence-electron chi connectivity index (χ1n) is 4.61. The summed E-state index contributed by atoms with van der Waals surface area (Å²) in [6.07, 6.45) is 0.378. The number of rotatable bonds is 0. The number of carbonyl (C=O) groups excluding carboxylic acids is 1. The average Bonchev–Trinajstić information content (AvgIpc) is 2.22. The van der Waals surface area contributed by atoms with Gasteiger partial charge in [0.15, 0.2) is 0 Å². The third-order valence-electron chi connectivity index (χ3n) is 2.21. The second-order valence-corrected chi connectivity index (χ2v) is 4.46. The fourth-order valence-corrected chi connectivity index (χ4v) is 2.14. The Morgan fingerprint density at radius 2 is 2.27 bits per heavy atom. The summed E-state index contributed by atoms with van der Waals surface area (Å²) in [5.74, 6) is -0.483. The molecule has 0 aromatic heterocycles. The average molecular weight is 273 g/mol. The van der Waals surface area contributed by atoms with Gasteiger partial charge in [-0.25, -0.2) is 4.39 Å². The smallest absolute Gasteiger partial charge is 0.226 e. The highest BCUT2D eigenvalue weighted by Crippen LogP contribution is 2.34. The Kier molecular flexibility index (Phi) is 2.65. The van der Waals surface area contributed by atoms with Crippen LogP contribution in [0.2, 0.25) is 0 Å². The van der Waals surface area contributed by atoms with Gasteiger partial charge >= 0.3 is 0 Å². The largest absolute Gasteiger partial charge is 0.379 e. The lowest BCUT2D eigenvalue weighted by atomic mass is 10.2. The molecule has 1 heterocycles. The van der Waals surface area contributed by atoms with Gasteiger partial charge in [-0.1, -0.05) is 0 Å². The molecule has 1 aliphatic heterocycles. The summed E-state index contributed by atoms with van der Waals surface area (Å²) in [5, 5.41) is 5.81. The Morgan fingerprint density at radius 1 is 1.53 bits per heavy atom. The number of benzene rings is 1. The van der Waals surface area contributed by atoms with Crippen molar-refractivity contribution in [2.75, 3.05) is 10.6 Å². The second kappa shape index (κ2) is 3.81. The maximum absolute atomic E-state index is 13.1. The Hall–Kier alpha value is -1.10. The topological polar surface area (TPSA) is 41.1 Å². The SMILES string of the molecule is CC1CC(=O)Nc2cc(F)cc(Br)c2N1. The molecule has 2 rings (SSSR count). The molecule has 0 spiro atoms. The van der Waals surface area contributed by atoms with Crippen LogP contribution in [0.1, 0.15) is 13.3 Å². The van der Waals surface area contributed by atoms with E-state index in [9.17, 15) is 9.18 Å². The van der Waals surface area contributed by atoms with Gasteiger partial charge in [0.25, 0.3) is 0 Å². The van der Waals surface area contributed by atoms with E-state index in [0.29, 0.717) is 16.6 Å². The van der Waals surface area contributed by atoms with E-state index in [2.05, 4.69) is 26.6 Å². The van der Waals surface area contributed by atoms with E-state index in [4.69, 9.17) is 0 Å². The number of amides is 1. The predicted molar refractivity (Wildman–Crippen MR) is 60.4 cm³/mol. The number of halogens is 2. The first-order valence-corrected chi connectivity index (χ1v) is 5.41. The van der Waals surface area contributed by atoms with E-state index in [1.165, 1.54) is 12.1 Å². The molecule has 1 unspecified atom stereocenters. The van der Waals surface area contributed by atoms with Crippen LogP contribution in [0.15, 0.2) is 16.6 Å². The van der Waals surface area contributed by atoms with E-state index in [-0.39, 0.29) is 17.8 Å². The monoisotopic (exact) mass is 272 g/mol. The third-order valence-corrected chi connectivity index (χ3v) is 2.84. The lowest BCUT2D eigenvalue weighted by Gasteiger charge is -2.13. The number of fused-ring (bicyclic) bond motifs is 1. The van der Waals surface area contributed by atoms with Crippen LogP contribution in [0.4, 0.5) is 15.8 Å². The molecule has 2 N–H and O–H groups in total. The fraction of sp³-hybridized carbons (Fsp3) is 0.300. The Labute approximate surface area is 95.2 Å². The van der Waals surface area contributed by atoms with Crippen LogP contribution in [-0.2, 0) is 4.79 Å². The molecular weight excluding hydrogens is 263 g/mol. The summed E-state index contributed by atoms with van der Waals surface area (Å²) in [4.78, 5) is 11.4. The molecule has 15 heavy (non-hydrogen) atoms. The van der Waals surface area contributed by atoms with Crippen molar-refractivity contribution < 1.29 is 9.18 Å². The van der Waals surface area contributed by atoms with Crippen molar-refractivity contribution in [3.8, 4) is 0 Å². The molecular formula is C10H10BrFN2O. The van der Waals surface area contributed by atoms with E-state index in [0.717, 1.165) is 5.69 Å². The normalized spacial score (nSPS) is 19.9. The van der Waals surface area contributed by atoms with Crippen molar-refractivity contribution in [3.63, 3.8) is 0 Å². The Balaban J connectivity index is 2.50. The molecule has 0 saturated heterocycles. The first-order chi connectivity index (χ1) is 7.06. The minimum Gasteiger partial charge on any atom is -0.379 e. The van der Waals surface area contributed by atoms with Crippen LogP contribution in [-0.4, -0.2) is 11.9 Å². The van der Waals surface area contributed by atoms with E-state index in [1.807, 2.05) is 6.92 Å². The molecule has 0 bridgehead atoms. The second-order valence-electron chi connectivity index (χ2n) is 3.61. The molecule has 5 heteroatoms. The zero-order chi connectivity index (χ0) is 11.0. The molecule has 1 amide bonds. The van der Waals surface area contributed by atoms with Crippen LogP contribution in [0.5, 0.6) is 0 Å². The minimum atomic E-state index is -0.378. The number of hydrogen-bond acceptors (Lipinski definition) is 2. The molecule has 0 saturated carbocycles. The van der Waals surface area contributed by atoms with E-state index in [1.54, 1.807) is 0 Å². The zero-order valence-corrected chi connectivity index (χ0v) is 9.69. The summed E-state index contributed by atoms with van der Waals surface area (Å²) >= 11 is 3.26. The summed E-state index contributed by atoms with van der Waals surface area (Å²) < 4.78 is 13.7. The molecule has 1 aliphatic rings. The van der Waals surface area contributed by atoms with Gasteiger partial charge in [0.05, 0.1) is 11.4 Å². The lowest BCUT2D eigenvalue weighted by molar-refractivity contribution is -0.116. The third kappa shape index (κ3) is 2.12. The van der Waals surface area contributed by atoms with Gasteiger partial charge in [-0.3, -0.25) is 4.79 Å². The van der Waals surface area contributed by atoms with Gasteiger partial charge in [-0.05, 0) is 35.0 Å². The number of anilines is 2. The van der Waals surface area contributed by atoms with Crippen LogP contribution in [0.3, 0.4) is 0 Å². The van der Waals surface area contributed by atoms with Crippen molar-refractivity contribution in [2.24, 2.45) is 0 Å². The number of carbonyl (C=O) groups is 1. The van der Waals surface area contributed by atoms with Crippen molar-refractivity contribution in [1.29, 1.82) is 0 Å².